The van der Waals surface area contributed by atoms with E-state index in [1.165, 1.54) is 24.3 Å². The molecule has 1 aliphatic heterocycles. The van der Waals surface area contributed by atoms with E-state index in [4.69, 9.17) is 0 Å². The molecule has 0 atom stereocenters. The van der Waals surface area contributed by atoms with Gasteiger partial charge in [-0.25, -0.2) is 0 Å². The third kappa shape index (κ3) is 3.95. The number of anilines is 1. The van der Waals surface area contributed by atoms with Crippen molar-refractivity contribution in [1.29, 1.82) is 0 Å². The lowest BCUT2D eigenvalue weighted by molar-refractivity contribution is 0.209. The second-order valence-corrected chi connectivity index (χ2v) is 5.56. The van der Waals surface area contributed by atoms with Crippen molar-refractivity contribution in [2.75, 3.05) is 37.6 Å². The molecule has 106 valence electrons. The van der Waals surface area contributed by atoms with Crippen LogP contribution in [0.1, 0.15) is 26.3 Å². The molecule has 1 aromatic rings. The molecule has 0 amide bonds. The second-order valence-electron chi connectivity index (χ2n) is 5.56. The maximum Gasteiger partial charge on any atom is 0.0367 e. The van der Waals surface area contributed by atoms with Crippen molar-refractivity contribution in [3.63, 3.8) is 0 Å². The molecule has 1 aliphatic rings. The van der Waals surface area contributed by atoms with Crippen LogP contribution in [0.25, 0.3) is 0 Å². The minimum absolute atomic E-state index is 0.671. The summed E-state index contributed by atoms with van der Waals surface area (Å²) in [7, 11) is 0. The van der Waals surface area contributed by atoms with Gasteiger partial charge >= 0.3 is 0 Å². The van der Waals surface area contributed by atoms with Gasteiger partial charge < -0.3 is 10.2 Å². The summed E-state index contributed by atoms with van der Waals surface area (Å²) in [6.45, 7) is 13.3. The lowest BCUT2D eigenvalue weighted by Gasteiger charge is -2.38. The van der Waals surface area contributed by atoms with Gasteiger partial charge in [-0.3, -0.25) is 4.90 Å². The fraction of sp³-hybridized carbons (Fsp3) is 0.625. The van der Waals surface area contributed by atoms with E-state index in [2.05, 4.69) is 60.2 Å². The Bertz CT molecular complexity index is 364. The van der Waals surface area contributed by atoms with E-state index in [0.717, 1.165) is 26.2 Å². The molecule has 3 nitrogen and oxygen atoms in total. The zero-order valence-electron chi connectivity index (χ0n) is 12.5. The highest BCUT2D eigenvalue weighted by Crippen LogP contribution is 2.18. The van der Waals surface area contributed by atoms with Crippen LogP contribution in [0.2, 0.25) is 0 Å². The molecule has 0 aliphatic carbocycles. The first-order chi connectivity index (χ1) is 9.20. The summed E-state index contributed by atoms with van der Waals surface area (Å²) in [6.07, 6.45) is 0. The third-order valence-electron chi connectivity index (χ3n) is 3.93. The lowest BCUT2D eigenvalue weighted by Crippen LogP contribution is -2.48. The average Bonchev–Trinajstić information content (AvgIpc) is 2.46. The number of nitrogens with zero attached hydrogens (tertiary/aromatic N) is 2. The molecule has 1 aromatic carbocycles. The van der Waals surface area contributed by atoms with Gasteiger partial charge in [0.25, 0.3) is 0 Å². The van der Waals surface area contributed by atoms with E-state index in [0.29, 0.717) is 6.04 Å². The highest BCUT2D eigenvalue weighted by Gasteiger charge is 2.18. The quantitative estimate of drug-likeness (QED) is 0.877. The molecule has 19 heavy (non-hydrogen) atoms. The van der Waals surface area contributed by atoms with Crippen LogP contribution in [0.3, 0.4) is 0 Å². The van der Waals surface area contributed by atoms with Crippen molar-refractivity contribution in [3.8, 4) is 0 Å². The van der Waals surface area contributed by atoms with Gasteiger partial charge in [-0.2, -0.15) is 0 Å². The number of benzene rings is 1. The summed E-state index contributed by atoms with van der Waals surface area (Å²) in [5, 5.41) is 3.36. The maximum atomic E-state index is 3.36. The van der Waals surface area contributed by atoms with Crippen molar-refractivity contribution in [3.05, 3.63) is 29.8 Å². The first kappa shape index (κ1) is 14.4. The van der Waals surface area contributed by atoms with Crippen molar-refractivity contribution in [2.45, 2.75) is 33.4 Å². The Labute approximate surface area is 117 Å². The van der Waals surface area contributed by atoms with Crippen LogP contribution in [-0.4, -0.2) is 43.7 Å². The first-order valence-electron chi connectivity index (χ1n) is 7.49. The second kappa shape index (κ2) is 6.92. The Morgan fingerprint density at radius 2 is 1.68 bits per heavy atom. The van der Waals surface area contributed by atoms with Crippen molar-refractivity contribution in [1.82, 2.24) is 10.2 Å². The Morgan fingerprint density at radius 1 is 1.05 bits per heavy atom. The maximum absolute atomic E-state index is 3.36. The van der Waals surface area contributed by atoms with E-state index in [9.17, 15) is 0 Å². The van der Waals surface area contributed by atoms with Crippen LogP contribution >= 0.6 is 0 Å². The first-order valence-corrected chi connectivity index (χ1v) is 7.49. The molecule has 3 heteroatoms. The topological polar surface area (TPSA) is 18.5 Å². The zero-order valence-corrected chi connectivity index (χ0v) is 12.5. The molecule has 0 spiro atoms. The number of hydrogen-bond donors (Lipinski definition) is 1. The molecule has 1 heterocycles. The Hall–Kier alpha value is -1.06. The van der Waals surface area contributed by atoms with Gasteiger partial charge in [-0.1, -0.05) is 19.1 Å². The third-order valence-corrected chi connectivity index (χ3v) is 3.93. The molecule has 1 N–H and O–H groups in total. The van der Waals surface area contributed by atoms with Crippen LogP contribution < -0.4 is 10.2 Å². The lowest BCUT2D eigenvalue weighted by atomic mass is 10.1. The van der Waals surface area contributed by atoms with Crippen molar-refractivity contribution >= 4 is 5.69 Å². The number of hydrogen-bond acceptors (Lipinski definition) is 3. The zero-order chi connectivity index (χ0) is 13.7. The molecule has 0 unspecified atom stereocenters. The molecule has 0 aromatic heterocycles. The van der Waals surface area contributed by atoms with Crippen LogP contribution in [0.4, 0.5) is 5.69 Å². The molecule has 0 saturated carbocycles. The summed E-state index contributed by atoms with van der Waals surface area (Å²) in [5.74, 6) is 0. The fourth-order valence-electron chi connectivity index (χ4n) is 2.59. The van der Waals surface area contributed by atoms with Gasteiger partial charge in [0.05, 0.1) is 0 Å². The standard InChI is InChI=1S/C16H27N3/c1-4-17-13-15-5-7-16(8-6-15)19-11-9-18(10-12-19)14(2)3/h5-8,14,17H,4,9-13H2,1-3H3. The van der Waals surface area contributed by atoms with Crippen LogP contribution in [0, 0.1) is 0 Å². The van der Waals surface area contributed by atoms with Gasteiger partial charge in [-0.05, 0) is 38.1 Å². The number of piperazine rings is 1. The van der Waals surface area contributed by atoms with E-state index >= 15 is 0 Å². The minimum atomic E-state index is 0.671. The van der Waals surface area contributed by atoms with Crippen molar-refractivity contribution < 1.29 is 0 Å². The van der Waals surface area contributed by atoms with E-state index in [-0.39, 0.29) is 0 Å². The predicted octanol–water partition coefficient (Wildman–Crippen LogP) is 2.33. The minimum Gasteiger partial charge on any atom is -0.369 e. The summed E-state index contributed by atoms with van der Waals surface area (Å²) in [4.78, 5) is 5.05. The summed E-state index contributed by atoms with van der Waals surface area (Å²) in [5.41, 5.74) is 2.73. The Balaban J connectivity index is 1.89. The van der Waals surface area contributed by atoms with Gasteiger partial charge in [-0.15, -0.1) is 0 Å². The Kier molecular flexibility index (Phi) is 5.23. The molecule has 1 saturated heterocycles. The molecule has 2 rings (SSSR count). The van der Waals surface area contributed by atoms with Crippen LogP contribution in [-0.2, 0) is 6.54 Å². The highest BCUT2D eigenvalue weighted by molar-refractivity contribution is 5.48. The van der Waals surface area contributed by atoms with Gasteiger partial charge in [0.15, 0.2) is 0 Å². The smallest absolute Gasteiger partial charge is 0.0367 e. The number of rotatable bonds is 5. The molecule has 0 bridgehead atoms. The van der Waals surface area contributed by atoms with E-state index in [1.54, 1.807) is 0 Å². The highest BCUT2D eigenvalue weighted by atomic mass is 15.3. The predicted molar refractivity (Wildman–Crippen MR) is 82.7 cm³/mol. The monoisotopic (exact) mass is 261 g/mol. The van der Waals surface area contributed by atoms with Crippen LogP contribution in [0.5, 0.6) is 0 Å². The van der Waals surface area contributed by atoms with Gasteiger partial charge in [0.2, 0.25) is 0 Å². The SMILES string of the molecule is CCNCc1ccc(N2CCN(C(C)C)CC2)cc1. The summed E-state index contributed by atoms with van der Waals surface area (Å²) < 4.78 is 0. The van der Waals surface area contributed by atoms with E-state index < -0.39 is 0 Å². The molecular formula is C16H27N3. The summed E-state index contributed by atoms with van der Waals surface area (Å²) >= 11 is 0. The summed E-state index contributed by atoms with van der Waals surface area (Å²) in [6, 6.07) is 9.68. The number of nitrogens with one attached hydrogen (secondary N) is 1. The molecule has 0 radical (unpaired) electrons. The normalized spacial score (nSPS) is 17.2. The molecular weight excluding hydrogens is 234 g/mol. The fourth-order valence-corrected chi connectivity index (χ4v) is 2.59. The Morgan fingerprint density at radius 3 is 2.21 bits per heavy atom. The molecule has 1 fully saturated rings. The van der Waals surface area contributed by atoms with Gasteiger partial charge in [0, 0.05) is 44.5 Å². The van der Waals surface area contributed by atoms with Gasteiger partial charge in [0.1, 0.15) is 0 Å². The largest absolute Gasteiger partial charge is 0.369 e. The van der Waals surface area contributed by atoms with E-state index in [1.807, 2.05) is 0 Å². The van der Waals surface area contributed by atoms with Crippen LogP contribution in [0.15, 0.2) is 24.3 Å². The average molecular weight is 261 g/mol. The van der Waals surface area contributed by atoms with Crippen molar-refractivity contribution in [2.24, 2.45) is 0 Å².